The van der Waals surface area contributed by atoms with Crippen molar-refractivity contribution in [3.05, 3.63) is 75.9 Å². The van der Waals surface area contributed by atoms with Gasteiger partial charge in [0.05, 0.1) is 7.11 Å². The van der Waals surface area contributed by atoms with Crippen LogP contribution < -0.4 is 0 Å². The Morgan fingerprint density at radius 3 is 2.41 bits per heavy atom. The van der Waals surface area contributed by atoms with Crippen molar-refractivity contribution in [3.63, 3.8) is 0 Å². The summed E-state index contributed by atoms with van der Waals surface area (Å²) in [6.45, 7) is 4.16. The molecule has 2 aromatic rings. The SMILES string of the molecule is COC(=O)C1=C(Cc2ccc(C)cc2)c2ccc(C)cc2C1. The van der Waals surface area contributed by atoms with E-state index in [1.165, 1.54) is 34.9 Å². The van der Waals surface area contributed by atoms with Gasteiger partial charge >= 0.3 is 5.97 Å². The van der Waals surface area contributed by atoms with Gasteiger partial charge in [-0.25, -0.2) is 4.79 Å². The largest absolute Gasteiger partial charge is 0.466 e. The fourth-order valence-corrected chi connectivity index (χ4v) is 3.05. The third-order valence-corrected chi connectivity index (χ3v) is 4.25. The zero-order valence-electron chi connectivity index (χ0n) is 13.3. The Hall–Kier alpha value is -2.35. The van der Waals surface area contributed by atoms with Crippen LogP contribution in [0, 0.1) is 13.8 Å². The molecule has 2 heteroatoms. The predicted molar refractivity (Wildman–Crippen MR) is 88.7 cm³/mol. The van der Waals surface area contributed by atoms with E-state index >= 15 is 0 Å². The standard InChI is InChI=1S/C20H20O2/c1-13-4-7-15(8-5-13)11-18-17-9-6-14(2)10-16(17)12-19(18)20(21)22-3/h4-10H,11-12H2,1-3H3. The molecule has 0 aromatic heterocycles. The highest BCUT2D eigenvalue weighted by Gasteiger charge is 2.26. The molecule has 0 radical (unpaired) electrons. The van der Waals surface area contributed by atoms with E-state index in [4.69, 9.17) is 4.74 Å². The molecular formula is C20H20O2. The van der Waals surface area contributed by atoms with Crippen LogP contribution in [0.15, 0.2) is 48.0 Å². The highest BCUT2D eigenvalue weighted by atomic mass is 16.5. The van der Waals surface area contributed by atoms with Crippen molar-refractivity contribution in [1.29, 1.82) is 0 Å². The molecule has 0 saturated heterocycles. The van der Waals surface area contributed by atoms with Crippen LogP contribution in [0.1, 0.15) is 27.8 Å². The lowest BCUT2D eigenvalue weighted by Gasteiger charge is -2.09. The Morgan fingerprint density at radius 2 is 1.73 bits per heavy atom. The van der Waals surface area contributed by atoms with Gasteiger partial charge in [-0.1, -0.05) is 53.6 Å². The van der Waals surface area contributed by atoms with Crippen LogP contribution >= 0.6 is 0 Å². The molecule has 0 atom stereocenters. The van der Waals surface area contributed by atoms with Gasteiger partial charge in [-0.3, -0.25) is 0 Å². The molecule has 0 bridgehead atoms. The summed E-state index contributed by atoms with van der Waals surface area (Å²) >= 11 is 0. The van der Waals surface area contributed by atoms with Crippen molar-refractivity contribution in [2.45, 2.75) is 26.7 Å². The molecule has 1 aliphatic rings. The molecule has 22 heavy (non-hydrogen) atoms. The van der Waals surface area contributed by atoms with Crippen LogP contribution in [-0.2, 0) is 22.4 Å². The van der Waals surface area contributed by atoms with E-state index in [0.717, 1.165) is 17.6 Å². The molecule has 0 spiro atoms. The number of fused-ring (bicyclic) bond motifs is 1. The van der Waals surface area contributed by atoms with Crippen molar-refractivity contribution in [3.8, 4) is 0 Å². The topological polar surface area (TPSA) is 26.3 Å². The number of benzene rings is 2. The molecule has 0 N–H and O–H groups in total. The Morgan fingerprint density at radius 1 is 1.05 bits per heavy atom. The van der Waals surface area contributed by atoms with Crippen molar-refractivity contribution in [2.24, 2.45) is 0 Å². The Balaban J connectivity index is 2.02. The molecule has 1 aliphatic carbocycles. The van der Waals surface area contributed by atoms with E-state index in [9.17, 15) is 4.79 Å². The van der Waals surface area contributed by atoms with E-state index in [2.05, 4.69) is 56.3 Å². The summed E-state index contributed by atoms with van der Waals surface area (Å²) in [4.78, 5) is 12.1. The fourth-order valence-electron chi connectivity index (χ4n) is 3.05. The normalized spacial score (nSPS) is 13.2. The molecule has 112 valence electrons. The van der Waals surface area contributed by atoms with Crippen molar-refractivity contribution in [2.75, 3.05) is 7.11 Å². The summed E-state index contributed by atoms with van der Waals surface area (Å²) in [5.41, 5.74) is 7.99. The number of hydrogen-bond acceptors (Lipinski definition) is 2. The summed E-state index contributed by atoms with van der Waals surface area (Å²) in [7, 11) is 1.45. The Kier molecular flexibility index (Phi) is 3.84. The quantitative estimate of drug-likeness (QED) is 0.798. The minimum Gasteiger partial charge on any atom is -0.466 e. The summed E-state index contributed by atoms with van der Waals surface area (Å²) in [6, 6.07) is 14.9. The summed E-state index contributed by atoms with van der Waals surface area (Å²) in [5.74, 6) is -0.212. The van der Waals surface area contributed by atoms with Gasteiger partial charge in [-0.05, 0) is 42.5 Å². The third-order valence-electron chi connectivity index (χ3n) is 4.25. The average molecular weight is 292 g/mol. The lowest BCUT2D eigenvalue weighted by Crippen LogP contribution is -2.06. The number of rotatable bonds is 3. The molecule has 0 unspecified atom stereocenters. The number of ether oxygens (including phenoxy) is 1. The van der Waals surface area contributed by atoms with Crippen LogP contribution in [0.5, 0.6) is 0 Å². The number of aryl methyl sites for hydroxylation is 2. The Labute approximate surface area is 131 Å². The lowest BCUT2D eigenvalue weighted by molar-refractivity contribution is -0.136. The molecule has 0 fully saturated rings. The lowest BCUT2D eigenvalue weighted by atomic mass is 9.96. The molecule has 3 rings (SSSR count). The number of methoxy groups -OCH3 is 1. The summed E-state index contributed by atoms with van der Waals surface area (Å²) < 4.78 is 4.99. The highest BCUT2D eigenvalue weighted by Crippen LogP contribution is 2.36. The monoisotopic (exact) mass is 292 g/mol. The molecular weight excluding hydrogens is 272 g/mol. The predicted octanol–water partition coefficient (Wildman–Crippen LogP) is 4.03. The van der Waals surface area contributed by atoms with Crippen molar-refractivity contribution < 1.29 is 9.53 Å². The van der Waals surface area contributed by atoms with Gasteiger partial charge < -0.3 is 4.74 Å². The van der Waals surface area contributed by atoms with Gasteiger partial charge in [0.25, 0.3) is 0 Å². The first-order chi connectivity index (χ1) is 10.6. The molecule has 0 amide bonds. The van der Waals surface area contributed by atoms with Crippen molar-refractivity contribution >= 4 is 11.5 Å². The Bertz CT molecular complexity index is 752. The maximum absolute atomic E-state index is 12.1. The first-order valence-electron chi connectivity index (χ1n) is 7.54. The zero-order chi connectivity index (χ0) is 15.7. The second-order valence-corrected chi connectivity index (χ2v) is 5.95. The van der Waals surface area contributed by atoms with Gasteiger partial charge in [0.15, 0.2) is 0 Å². The number of allylic oxidation sites excluding steroid dienone is 1. The van der Waals surface area contributed by atoms with Crippen LogP contribution in [-0.4, -0.2) is 13.1 Å². The first-order valence-corrected chi connectivity index (χ1v) is 7.54. The number of carbonyl (C=O) groups excluding carboxylic acids is 1. The minimum absolute atomic E-state index is 0.212. The number of esters is 1. The van der Waals surface area contributed by atoms with Gasteiger partial charge in [-0.15, -0.1) is 0 Å². The maximum atomic E-state index is 12.1. The second kappa shape index (κ2) is 5.80. The number of carbonyl (C=O) groups is 1. The van der Waals surface area contributed by atoms with Crippen LogP contribution in [0.2, 0.25) is 0 Å². The average Bonchev–Trinajstić information content (AvgIpc) is 2.86. The van der Waals surface area contributed by atoms with Crippen LogP contribution in [0.4, 0.5) is 0 Å². The van der Waals surface area contributed by atoms with E-state index in [0.29, 0.717) is 6.42 Å². The first kappa shape index (κ1) is 14.6. The highest BCUT2D eigenvalue weighted by molar-refractivity contribution is 6.01. The molecule has 2 nitrogen and oxygen atoms in total. The summed E-state index contributed by atoms with van der Waals surface area (Å²) in [5, 5.41) is 0. The second-order valence-electron chi connectivity index (χ2n) is 5.95. The van der Waals surface area contributed by atoms with Gasteiger partial charge in [-0.2, -0.15) is 0 Å². The fraction of sp³-hybridized carbons (Fsp3) is 0.250. The van der Waals surface area contributed by atoms with Crippen molar-refractivity contribution in [1.82, 2.24) is 0 Å². The van der Waals surface area contributed by atoms with E-state index in [-0.39, 0.29) is 5.97 Å². The smallest absolute Gasteiger partial charge is 0.334 e. The molecule has 0 heterocycles. The third kappa shape index (κ3) is 2.69. The van der Waals surface area contributed by atoms with Crippen LogP contribution in [0.3, 0.4) is 0 Å². The van der Waals surface area contributed by atoms with E-state index in [1.807, 2.05) is 0 Å². The molecule has 0 aliphatic heterocycles. The van der Waals surface area contributed by atoms with Gasteiger partial charge in [0.1, 0.15) is 0 Å². The van der Waals surface area contributed by atoms with E-state index in [1.54, 1.807) is 0 Å². The van der Waals surface area contributed by atoms with E-state index < -0.39 is 0 Å². The van der Waals surface area contributed by atoms with Gasteiger partial charge in [0, 0.05) is 12.0 Å². The zero-order valence-corrected chi connectivity index (χ0v) is 13.3. The summed E-state index contributed by atoms with van der Waals surface area (Å²) in [6.07, 6.45) is 1.44. The minimum atomic E-state index is -0.212. The van der Waals surface area contributed by atoms with Gasteiger partial charge in [0.2, 0.25) is 0 Å². The molecule has 2 aromatic carbocycles. The maximum Gasteiger partial charge on any atom is 0.334 e. The number of hydrogen-bond donors (Lipinski definition) is 0. The molecule has 0 saturated carbocycles. The van der Waals surface area contributed by atoms with Crippen LogP contribution in [0.25, 0.3) is 5.57 Å².